The van der Waals surface area contributed by atoms with Crippen LogP contribution in [0.2, 0.25) is 13.1 Å². The largest absolute Gasteiger partial charge is 0.173 e. The van der Waals surface area contributed by atoms with E-state index in [9.17, 15) is 0 Å². The van der Waals surface area contributed by atoms with Crippen molar-refractivity contribution < 1.29 is 0 Å². The first-order chi connectivity index (χ1) is 3.56. The zero-order chi connectivity index (χ0) is 6.62. The van der Waals surface area contributed by atoms with Crippen LogP contribution in [0.15, 0.2) is 11.8 Å². The number of allylic oxidation sites excluding steroid dienone is 1. The fourth-order valence-electron chi connectivity index (χ4n) is 0.398. The van der Waals surface area contributed by atoms with Crippen molar-refractivity contribution in [3.05, 3.63) is 11.8 Å². The predicted octanol–water partition coefficient (Wildman–Crippen LogP) is 2.94. The molecular formula is C6H13ClSi. The lowest BCUT2D eigenvalue weighted by Gasteiger charge is -2.02. The van der Waals surface area contributed by atoms with E-state index in [-0.39, 0.29) is 0 Å². The van der Waals surface area contributed by atoms with Gasteiger partial charge in [-0.1, -0.05) is 31.8 Å². The summed E-state index contributed by atoms with van der Waals surface area (Å²) in [4.78, 5) is 0. The third-order valence-electron chi connectivity index (χ3n) is 0.750. The van der Waals surface area contributed by atoms with E-state index in [1.807, 2.05) is 0 Å². The lowest BCUT2D eigenvalue weighted by atomic mass is 10.5. The number of hydrogen-bond acceptors (Lipinski definition) is 0. The van der Waals surface area contributed by atoms with Gasteiger partial charge in [-0.25, -0.2) is 0 Å². The maximum absolute atomic E-state index is 5.96. The Bertz CT molecular complexity index is 81.0. The molecule has 2 heteroatoms. The Balaban J connectivity index is 3.52. The highest BCUT2D eigenvalue weighted by atomic mass is 35.6. The lowest BCUT2D eigenvalue weighted by molar-refractivity contribution is 1.23. The highest BCUT2D eigenvalue weighted by Crippen LogP contribution is 2.08. The Morgan fingerprint density at radius 2 is 2.00 bits per heavy atom. The number of rotatable bonds is 2. The van der Waals surface area contributed by atoms with Gasteiger partial charge in [0.2, 0.25) is 0 Å². The van der Waals surface area contributed by atoms with Gasteiger partial charge in [0.25, 0.3) is 0 Å². The molecule has 0 aromatic heterocycles. The van der Waals surface area contributed by atoms with Gasteiger partial charge in [0.15, 0.2) is 7.38 Å². The van der Waals surface area contributed by atoms with E-state index in [1.165, 1.54) is 0 Å². The van der Waals surface area contributed by atoms with Crippen LogP contribution in [0.5, 0.6) is 0 Å². The van der Waals surface area contributed by atoms with Crippen molar-refractivity contribution in [1.82, 2.24) is 0 Å². The van der Waals surface area contributed by atoms with Crippen LogP contribution >= 0.6 is 11.1 Å². The summed E-state index contributed by atoms with van der Waals surface area (Å²) in [6.45, 7) is 6.34. The van der Waals surface area contributed by atoms with Crippen LogP contribution in [0.1, 0.15) is 13.3 Å². The van der Waals surface area contributed by atoms with Crippen LogP contribution < -0.4 is 0 Å². The molecule has 0 aliphatic rings. The van der Waals surface area contributed by atoms with Crippen LogP contribution in [0, 0.1) is 0 Å². The van der Waals surface area contributed by atoms with Crippen molar-refractivity contribution in [2.75, 3.05) is 0 Å². The zero-order valence-electron chi connectivity index (χ0n) is 5.74. The number of hydrogen-bond donors (Lipinski definition) is 0. The van der Waals surface area contributed by atoms with E-state index < -0.39 is 7.38 Å². The van der Waals surface area contributed by atoms with Gasteiger partial charge in [0.05, 0.1) is 0 Å². The molecule has 0 atom stereocenters. The monoisotopic (exact) mass is 148 g/mol. The quantitative estimate of drug-likeness (QED) is 0.417. The Morgan fingerprint density at radius 1 is 1.50 bits per heavy atom. The number of halogens is 1. The van der Waals surface area contributed by atoms with Crippen LogP contribution in [-0.2, 0) is 0 Å². The van der Waals surface area contributed by atoms with Crippen LogP contribution in [0.4, 0.5) is 0 Å². The first-order valence-corrected chi connectivity index (χ1v) is 7.02. The molecule has 0 aromatic rings. The van der Waals surface area contributed by atoms with Crippen molar-refractivity contribution in [3.8, 4) is 0 Å². The average Bonchev–Trinajstić information content (AvgIpc) is 1.59. The molecule has 0 radical (unpaired) electrons. The van der Waals surface area contributed by atoms with Crippen molar-refractivity contribution in [1.29, 1.82) is 0 Å². The molecule has 0 nitrogen and oxygen atoms in total. The van der Waals surface area contributed by atoms with Gasteiger partial charge in [-0.2, -0.15) is 11.1 Å². The SMILES string of the molecule is CCC=C[Si](C)(C)Cl. The standard InChI is InChI=1S/C6H13ClSi/c1-4-5-6-8(2,3)7/h5-6H,4H2,1-3H3. The van der Waals surface area contributed by atoms with Gasteiger partial charge < -0.3 is 0 Å². The van der Waals surface area contributed by atoms with Crippen LogP contribution in [0.25, 0.3) is 0 Å². The summed E-state index contributed by atoms with van der Waals surface area (Å²) in [6, 6.07) is 0. The molecule has 0 aromatic carbocycles. The Morgan fingerprint density at radius 3 is 2.12 bits per heavy atom. The summed E-state index contributed by atoms with van der Waals surface area (Å²) in [5.41, 5.74) is 2.15. The summed E-state index contributed by atoms with van der Waals surface area (Å²) in [5, 5.41) is 0. The fraction of sp³-hybridized carbons (Fsp3) is 0.667. The third kappa shape index (κ3) is 6.25. The topological polar surface area (TPSA) is 0 Å². The van der Waals surface area contributed by atoms with Crippen molar-refractivity contribution in [2.45, 2.75) is 26.4 Å². The molecule has 0 saturated heterocycles. The zero-order valence-corrected chi connectivity index (χ0v) is 7.50. The summed E-state index contributed by atoms with van der Waals surface area (Å²) >= 11 is 5.96. The minimum absolute atomic E-state index is 1.10. The molecular weight excluding hydrogens is 136 g/mol. The predicted molar refractivity (Wildman–Crippen MR) is 42.8 cm³/mol. The van der Waals surface area contributed by atoms with Gasteiger partial charge in [0, 0.05) is 0 Å². The van der Waals surface area contributed by atoms with Gasteiger partial charge in [-0.3, -0.25) is 0 Å². The highest BCUT2D eigenvalue weighted by molar-refractivity contribution is 7.21. The van der Waals surface area contributed by atoms with E-state index in [4.69, 9.17) is 11.1 Å². The Kier molecular flexibility index (Phi) is 3.41. The molecule has 0 amide bonds. The maximum atomic E-state index is 5.96. The van der Waals surface area contributed by atoms with E-state index >= 15 is 0 Å². The molecule has 48 valence electrons. The van der Waals surface area contributed by atoms with Crippen molar-refractivity contribution in [2.24, 2.45) is 0 Å². The molecule has 8 heavy (non-hydrogen) atoms. The lowest BCUT2D eigenvalue weighted by Crippen LogP contribution is -2.11. The highest BCUT2D eigenvalue weighted by Gasteiger charge is 2.09. The molecule has 0 aliphatic carbocycles. The minimum atomic E-state index is -1.39. The molecule has 0 fully saturated rings. The van der Waals surface area contributed by atoms with Gasteiger partial charge >= 0.3 is 0 Å². The Hall–Kier alpha value is 0.247. The van der Waals surface area contributed by atoms with Crippen molar-refractivity contribution in [3.63, 3.8) is 0 Å². The molecule has 0 rings (SSSR count). The normalized spacial score (nSPS) is 13.0. The van der Waals surface area contributed by atoms with Crippen LogP contribution in [-0.4, -0.2) is 7.38 Å². The average molecular weight is 149 g/mol. The van der Waals surface area contributed by atoms with Gasteiger partial charge in [-0.15, -0.1) is 0 Å². The molecule has 0 bridgehead atoms. The Labute approximate surface area is 57.3 Å². The molecule has 0 N–H and O–H groups in total. The minimum Gasteiger partial charge on any atom is -0.162 e. The summed E-state index contributed by atoms with van der Waals surface area (Å²) < 4.78 is 0. The molecule has 0 heterocycles. The summed E-state index contributed by atoms with van der Waals surface area (Å²) in [7, 11) is -1.39. The molecule has 0 saturated carbocycles. The van der Waals surface area contributed by atoms with Gasteiger partial charge in [0.1, 0.15) is 0 Å². The molecule has 0 unspecified atom stereocenters. The van der Waals surface area contributed by atoms with E-state index in [2.05, 4.69) is 31.8 Å². The van der Waals surface area contributed by atoms with Gasteiger partial charge in [-0.05, 0) is 6.42 Å². The van der Waals surface area contributed by atoms with Crippen molar-refractivity contribution >= 4 is 18.5 Å². The summed E-state index contributed by atoms with van der Waals surface area (Å²) in [6.07, 6.45) is 3.24. The van der Waals surface area contributed by atoms with E-state index in [0.717, 1.165) is 6.42 Å². The second-order valence-corrected chi connectivity index (χ2v) is 8.76. The van der Waals surface area contributed by atoms with Crippen LogP contribution in [0.3, 0.4) is 0 Å². The fourth-order valence-corrected chi connectivity index (χ4v) is 1.46. The summed E-state index contributed by atoms with van der Waals surface area (Å²) in [5.74, 6) is 0. The smallest absolute Gasteiger partial charge is 0.162 e. The van der Waals surface area contributed by atoms with E-state index in [0.29, 0.717) is 0 Å². The first kappa shape index (κ1) is 8.25. The second kappa shape index (κ2) is 3.31. The second-order valence-electron chi connectivity index (χ2n) is 2.38. The molecule has 0 aliphatic heterocycles. The third-order valence-corrected chi connectivity index (χ3v) is 2.16. The first-order valence-electron chi connectivity index (χ1n) is 2.93. The molecule has 0 spiro atoms. The van der Waals surface area contributed by atoms with E-state index in [1.54, 1.807) is 0 Å². The maximum Gasteiger partial charge on any atom is 0.173 e.